The molecule has 0 spiro atoms. The Morgan fingerprint density at radius 3 is 2.41 bits per heavy atom. The van der Waals surface area contributed by atoms with Crippen LogP contribution >= 0.6 is 11.3 Å². The number of hydrogen-bond donors (Lipinski definition) is 2. The van der Waals surface area contributed by atoms with Crippen LogP contribution in [0.2, 0.25) is 0 Å². The standard InChI is InChI=1S/C31H30N6O3S/c1-3-40-31(39)27-28(33-24-11-13-26(14-12-24)37-17-15-36(2)16-18-37)35-30(41-27)23-5-4-6-25(19-23)34-29(38)22-9-7-21(20-32)8-10-22/h4-14,19,33H,3,15-18H2,1-2H3,(H,34,38). The number of anilines is 4. The summed E-state index contributed by atoms with van der Waals surface area (Å²) >= 11 is 1.23. The fourth-order valence-corrected chi connectivity index (χ4v) is 5.36. The molecule has 0 saturated carbocycles. The molecule has 9 nitrogen and oxygen atoms in total. The first-order valence-corrected chi connectivity index (χ1v) is 14.2. The predicted octanol–water partition coefficient (Wildman–Crippen LogP) is 5.61. The van der Waals surface area contributed by atoms with Crippen LogP contribution in [0.5, 0.6) is 0 Å². The highest BCUT2D eigenvalue weighted by Gasteiger charge is 2.21. The fourth-order valence-electron chi connectivity index (χ4n) is 4.45. The number of thiazole rings is 1. The van der Waals surface area contributed by atoms with Crippen LogP contribution < -0.4 is 15.5 Å². The molecule has 0 aliphatic carbocycles. The molecule has 1 amide bonds. The average molecular weight is 567 g/mol. The van der Waals surface area contributed by atoms with Crippen LogP contribution in [0.3, 0.4) is 0 Å². The monoisotopic (exact) mass is 566 g/mol. The second kappa shape index (κ2) is 12.6. The highest BCUT2D eigenvalue weighted by molar-refractivity contribution is 7.17. The quantitative estimate of drug-likeness (QED) is 0.265. The Balaban J connectivity index is 1.35. The number of carbonyl (C=O) groups is 2. The molecule has 41 heavy (non-hydrogen) atoms. The lowest BCUT2D eigenvalue weighted by molar-refractivity contribution is 0.0533. The lowest BCUT2D eigenvalue weighted by atomic mass is 10.1. The molecule has 1 saturated heterocycles. The second-order valence-corrected chi connectivity index (χ2v) is 10.6. The van der Waals surface area contributed by atoms with Gasteiger partial charge in [-0.2, -0.15) is 5.26 Å². The second-order valence-electron chi connectivity index (χ2n) is 9.60. The van der Waals surface area contributed by atoms with Gasteiger partial charge in [-0.05, 0) is 74.6 Å². The topological polar surface area (TPSA) is 111 Å². The minimum atomic E-state index is -0.446. The van der Waals surface area contributed by atoms with Gasteiger partial charge in [0.2, 0.25) is 0 Å². The van der Waals surface area contributed by atoms with E-state index in [1.54, 1.807) is 37.3 Å². The van der Waals surface area contributed by atoms with E-state index in [9.17, 15) is 9.59 Å². The van der Waals surface area contributed by atoms with Crippen LogP contribution in [0, 0.1) is 11.3 Å². The Kier molecular flexibility index (Phi) is 8.58. The molecule has 4 aromatic rings. The molecular weight excluding hydrogens is 536 g/mol. The molecule has 0 bridgehead atoms. The summed E-state index contributed by atoms with van der Waals surface area (Å²) in [7, 11) is 2.14. The molecule has 0 atom stereocenters. The van der Waals surface area contributed by atoms with Gasteiger partial charge in [0.25, 0.3) is 5.91 Å². The third-order valence-corrected chi connectivity index (χ3v) is 7.81. The highest BCUT2D eigenvalue weighted by atomic mass is 32.1. The van der Waals surface area contributed by atoms with Crippen molar-refractivity contribution in [2.45, 2.75) is 6.92 Å². The number of nitrogens with zero attached hydrogens (tertiary/aromatic N) is 4. The van der Waals surface area contributed by atoms with Crippen LogP contribution in [0.25, 0.3) is 10.6 Å². The lowest BCUT2D eigenvalue weighted by Crippen LogP contribution is -2.44. The van der Waals surface area contributed by atoms with Crippen molar-refractivity contribution in [1.82, 2.24) is 9.88 Å². The Bertz CT molecular complexity index is 1570. The highest BCUT2D eigenvalue weighted by Crippen LogP contribution is 2.35. The minimum absolute atomic E-state index is 0.252. The van der Waals surface area contributed by atoms with E-state index in [0.717, 1.165) is 43.1 Å². The minimum Gasteiger partial charge on any atom is -0.462 e. The number of hydrogen-bond acceptors (Lipinski definition) is 9. The van der Waals surface area contributed by atoms with E-state index in [4.69, 9.17) is 15.0 Å². The Labute approximate surface area is 243 Å². The number of likely N-dealkylation sites (N-methyl/N-ethyl adjacent to an activating group) is 1. The Morgan fingerprint density at radius 1 is 1.00 bits per heavy atom. The van der Waals surface area contributed by atoms with E-state index in [-0.39, 0.29) is 12.5 Å². The van der Waals surface area contributed by atoms with Crippen molar-refractivity contribution < 1.29 is 14.3 Å². The van der Waals surface area contributed by atoms with Crippen molar-refractivity contribution in [2.75, 3.05) is 55.4 Å². The predicted molar refractivity (Wildman–Crippen MR) is 162 cm³/mol. The summed E-state index contributed by atoms with van der Waals surface area (Å²) in [6, 6.07) is 23.9. The number of nitriles is 1. The van der Waals surface area contributed by atoms with Gasteiger partial charge in [-0.15, -0.1) is 11.3 Å². The van der Waals surface area contributed by atoms with Crippen LogP contribution in [0.15, 0.2) is 72.8 Å². The molecule has 0 unspecified atom stereocenters. The fraction of sp³-hybridized carbons (Fsp3) is 0.226. The number of piperazine rings is 1. The SMILES string of the molecule is CCOC(=O)c1sc(-c2cccc(NC(=O)c3ccc(C#N)cc3)c2)nc1Nc1ccc(N2CCN(C)CC2)cc1. The van der Waals surface area contributed by atoms with Crippen LogP contribution in [-0.2, 0) is 4.74 Å². The molecule has 1 aliphatic heterocycles. The molecule has 3 aromatic carbocycles. The first kappa shape index (κ1) is 27.8. The molecule has 2 heterocycles. The summed E-state index contributed by atoms with van der Waals surface area (Å²) < 4.78 is 5.31. The van der Waals surface area contributed by atoms with Gasteiger partial charge in [-0.3, -0.25) is 4.79 Å². The summed E-state index contributed by atoms with van der Waals surface area (Å²) in [5.41, 5.74) is 4.23. The summed E-state index contributed by atoms with van der Waals surface area (Å²) in [5, 5.41) is 15.8. The zero-order valence-electron chi connectivity index (χ0n) is 22.9. The van der Waals surface area contributed by atoms with Gasteiger partial charge in [0, 0.05) is 54.4 Å². The maximum absolute atomic E-state index is 12.8. The summed E-state index contributed by atoms with van der Waals surface area (Å²) in [6.45, 7) is 6.05. The van der Waals surface area contributed by atoms with Crippen molar-refractivity contribution in [3.63, 3.8) is 0 Å². The van der Waals surface area contributed by atoms with Gasteiger partial charge in [0.1, 0.15) is 5.01 Å². The van der Waals surface area contributed by atoms with Crippen LogP contribution in [0.4, 0.5) is 22.9 Å². The number of rotatable bonds is 8. The molecule has 10 heteroatoms. The molecule has 5 rings (SSSR count). The van der Waals surface area contributed by atoms with Crippen molar-refractivity contribution in [3.05, 3.63) is 88.8 Å². The molecule has 1 aromatic heterocycles. The molecule has 1 aliphatic rings. The van der Waals surface area contributed by atoms with Crippen molar-refractivity contribution in [3.8, 4) is 16.6 Å². The first-order chi connectivity index (χ1) is 19.9. The summed E-state index contributed by atoms with van der Waals surface area (Å²) in [4.78, 5) is 35.4. The van der Waals surface area contributed by atoms with Crippen LogP contribution in [0.1, 0.15) is 32.5 Å². The van der Waals surface area contributed by atoms with Crippen LogP contribution in [-0.4, -0.2) is 61.6 Å². The molecule has 1 fully saturated rings. The zero-order chi connectivity index (χ0) is 28.8. The summed E-state index contributed by atoms with van der Waals surface area (Å²) in [5.74, 6) is -0.318. The van der Waals surface area contributed by atoms with Gasteiger partial charge in [0.05, 0.1) is 18.2 Å². The van der Waals surface area contributed by atoms with E-state index < -0.39 is 5.97 Å². The van der Waals surface area contributed by atoms with Crippen molar-refractivity contribution >= 4 is 46.1 Å². The van der Waals surface area contributed by atoms with E-state index in [2.05, 4.69) is 39.6 Å². The number of carbonyl (C=O) groups excluding carboxylic acids is 2. The van der Waals surface area contributed by atoms with E-state index in [1.807, 2.05) is 36.4 Å². The zero-order valence-corrected chi connectivity index (χ0v) is 23.7. The lowest BCUT2D eigenvalue weighted by Gasteiger charge is -2.34. The van der Waals surface area contributed by atoms with Gasteiger partial charge in [-0.1, -0.05) is 12.1 Å². The Morgan fingerprint density at radius 2 is 1.73 bits per heavy atom. The van der Waals surface area contributed by atoms with Gasteiger partial charge in [0.15, 0.2) is 10.7 Å². The number of aromatic nitrogens is 1. The molecule has 0 radical (unpaired) electrons. The van der Waals surface area contributed by atoms with E-state index >= 15 is 0 Å². The number of esters is 1. The largest absolute Gasteiger partial charge is 0.462 e. The Hall–Kier alpha value is -4.72. The third kappa shape index (κ3) is 6.72. The molecular formula is C31H30N6O3S. The molecule has 2 N–H and O–H groups in total. The number of ether oxygens (including phenoxy) is 1. The number of nitrogens with one attached hydrogen (secondary N) is 2. The maximum Gasteiger partial charge on any atom is 0.352 e. The third-order valence-electron chi connectivity index (χ3n) is 6.73. The van der Waals surface area contributed by atoms with Gasteiger partial charge < -0.3 is 25.2 Å². The van der Waals surface area contributed by atoms with Gasteiger partial charge in [-0.25, -0.2) is 9.78 Å². The molecule has 208 valence electrons. The van der Waals surface area contributed by atoms with Gasteiger partial charge >= 0.3 is 5.97 Å². The van der Waals surface area contributed by atoms with Crippen molar-refractivity contribution in [2.24, 2.45) is 0 Å². The number of amides is 1. The van der Waals surface area contributed by atoms with E-state index in [0.29, 0.717) is 32.5 Å². The summed E-state index contributed by atoms with van der Waals surface area (Å²) in [6.07, 6.45) is 0. The van der Waals surface area contributed by atoms with Crippen molar-refractivity contribution in [1.29, 1.82) is 5.26 Å². The van der Waals surface area contributed by atoms with E-state index in [1.165, 1.54) is 11.3 Å². The maximum atomic E-state index is 12.8. The normalized spacial score (nSPS) is 13.3. The first-order valence-electron chi connectivity index (χ1n) is 13.3. The number of benzene rings is 3. The smallest absolute Gasteiger partial charge is 0.352 e. The average Bonchev–Trinajstić information content (AvgIpc) is 3.42.